The Labute approximate surface area is 85.1 Å². The summed E-state index contributed by atoms with van der Waals surface area (Å²) in [5.41, 5.74) is 0. The Hall–Kier alpha value is -0.770. The highest BCUT2D eigenvalue weighted by Crippen LogP contribution is 2.17. The molecular weight excluding hydrogens is 180 g/mol. The van der Waals surface area contributed by atoms with E-state index in [1.54, 1.807) is 0 Å². The number of carbonyl (C=O) groups is 1. The minimum absolute atomic E-state index is 0.0959. The summed E-state index contributed by atoms with van der Waals surface area (Å²) >= 11 is 0. The third kappa shape index (κ3) is 3.96. The van der Waals surface area contributed by atoms with Gasteiger partial charge in [-0.25, -0.2) is 4.79 Å². The van der Waals surface area contributed by atoms with Crippen molar-refractivity contribution in [1.82, 2.24) is 10.6 Å². The summed E-state index contributed by atoms with van der Waals surface area (Å²) in [4.78, 5) is 11.3. The van der Waals surface area contributed by atoms with Gasteiger partial charge in [-0.2, -0.15) is 0 Å². The lowest BCUT2D eigenvalue weighted by Gasteiger charge is -2.26. The van der Waals surface area contributed by atoms with Gasteiger partial charge in [-0.15, -0.1) is 0 Å². The van der Waals surface area contributed by atoms with Crippen molar-refractivity contribution in [2.75, 3.05) is 0 Å². The van der Waals surface area contributed by atoms with E-state index in [0.717, 1.165) is 25.7 Å². The van der Waals surface area contributed by atoms with Crippen LogP contribution in [0, 0.1) is 0 Å². The van der Waals surface area contributed by atoms with Crippen LogP contribution in [0.1, 0.15) is 39.5 Å². The molecule has 0 heterocycles. The molecule has 0 spiro atoms. The smallest absolute Gasteiger partial charge is 0.315 e. The third-order valence-electron chi connectivity index (χ3n) is 2.45. The second-order valence-corrected chi connectivity index (χ2v) is 4.28. The molecule has 82 valence electrons. The van der Waals surface area contributed by atoms with Crippen LogP contribution in [0.4, 0.5) is 4.79 Å². The number of aliphatic hydroxyl groups is 1. The molecule has 4 nitrogen and oxygen atoms in total. The maximum Gasteiger partial charge on any atom is 0.315 e. The van der Waals surface area contributed by atoms with Crippen LogP contribution < -0.4 is 10.6 Å². The number of aliphatic hydroxyl groups excluding tert-OH is 1. The van der Waals surface area contributed by atoms with Crippen molar-refractivity contribution in [1.29, 1.82) is 0 Å². The summed E-state index contributed by atoms with van der Waals surface area (Å²) in [6, 6.07) is 0.308. The number of carbonyl (C=O) groups excluding carboxylic acids is 1. The highest BCUT2D eigenvalue weighted by atomic mass is 16.3. The normalized spacial score (nSPS) is 27.4. The molecule has 0 aromatic heterocycles. The number of amides is 2. The van der Waals surface area contributed by atoms with E-state index < -0.39 is 0 Å². The van der Waals surface area contributed by atoms with Crippen LogP contribution >= 0.6 is 0 Å². The van der Waals surface area contributed by atoms with Crippen molar-refractivity contribution >= 4 is 6.03 Å². The van der Waals surface area contributed by atoms with E-state index in [9.17, 15) is 9.90 Å². The first-order valence-electron chi connectivity index (χ1n) is 5.33. The first-order chi connectivity index (χ1) is 6.58. The van der Waals surface area contributed by atoms with Crippen LogP contribution in [-0.2, 0) is 0 Å². The first kappa shape index (κ1) is 11.3. The second-order valence-electron chi connectivity index (χ2n) is 4.28. The minimum Gasteiger partial charge on any atom is -0.393 e. The average Bonchev–Trinajstić information content (AvgIpc) is 2.07. The van der Waals surface area contributed by atoms with Gasteiger partial charge in [0.15, 0.2) is 0 Å². The fourth-order valence-electron chi connectivity index (χ4n) is 1.71. The molecule has 1 aliphatic rings. The molecule has 0 saturated heterocycles. The third-order valence-corrected chi connectivity index (χ3v) is 2.45. The number of hydrogen-bond acceptors (Lipinski definition) is 2. The van der Waals surface area contributed by atoms with Gasteiger partial charge in [0.1, 0.15) is 0 Å². The van der Waals surface area contributed by atoms with Gasteiger partial charge in [-0.1, -0.05) is 0 Å². The van der Waals surface area contributed by atoms with Crippen LogP contribution in [0.15, 0.2) is 0 Å². The molecule has 2 amide bonds. The summed E-state index contributed by atoms with van der Waals surface area (Å²) in [5.74, 6) is 0. The summed E-state index contributed by atoms with van der Waals surface area (Å²) < 4.78 is 0. The Morgan fingerprint density at radius 3 is 2.36 bits per heavy atom. The molecule has 0 atom stereocenters. The molecule has 0 aromatic carbocycles. The number of urea groups is 1. The zero-order valence-electron chi connectivity index (χ0n) is 8.92. The summed E-state index contributed by atoms with van der Waals surface area (Å²) in [7, 11) is 0. The van der Waals surface area contributed by atoms with E-state index in [0.29, 0.717) is 0 Å². The van der Waals surface area contributed by atoms with Gasteiger partial charge in [0.05, 0.1) is 6.10 Å². The zero-order valence-corrected chi connectivity index (χ0v) is 8.92. The van der Waals surface area contributed by atoms with Crippen molar-refractivity contribution in [2.24, 2.45) is 0 Å². The maximum absolute atomic E-state index is 11.3. The minimum atomic E-state index is -0.166. The predicted octanol–water partition coefficient (Wildman–Crippen LogP) is 0.997. The molecule has 14 heavy (non-hydrogen) atoms. The molecule has 1 saturated carbocycles. The van der Waals surface area contributed by atoms with Gasteiger partial charge in [0, 0.05) is 12.1 Å². The molecule has 0 aromatic rings. The van der Waals surface area contributed by atoms with Gasteiger partial charge in [-0.05, 0) is 39.5 Å². The van der Waals surface area contributed by atoms with Gasteiger partial charge < -0.3 is 15.7 Å². The fraction of sp³-hybridized carbons (Fsp3) is 0.900. The highest BCUT2D eigenvalue weighted by Gasteiger charge is 2.20. The lowest BCUT2D eigenvalue weighted by molar-refractivity contribution is 0.117. The van der Waals surface area contributed by atoms with Crippen molar-refractivity contribution < 1.29 is 9.90 Å². The predicted molar refractivity (Wildman–Crippen MR) is 55.1 cm³/mol. The van der Waals surface area contributed by atoms with Gasteiger partial charge >= 0.3 is 6.03 Å². The summed E-state index contributed by atoms with van der Waals surface area (Å²) in [6.07, 6.45) is 3.19. The Kier molecular flexibility index (Phi) is 4.20. The Morgan fingerprint density at radius 1 is 1.29 bits per heavy atom. The molecule has 1 fully saturated rings. The molecule has 0 radical (unpaired) electrons. The van der Waals surface area contributed by atoms with E-state index in [1.807, 2.05) is 13.8 Å². The van der Waals surface area contributed by atoms with E-state index >= 15 is 0 Å². The van der Waals surface area contributed by atoms with E-state index in [4.69, 9.17) is 0 Å². The molecule has 0 unspecified atom stereocenters. The molecule has 4 heteroatoms. The van der Waals surface area contributed by atoms with Crippen LogP contribution in [0.5, 0.6) is 0 Å². The van der Waals surface area contributed by atoms with E-state index in [2.05, 4.69) is 10.6 Å². The quantitative estimate of drug-likeness (QED) is 0.622. The lowest BCUT2D eigenvalue weighted by atomic mass is 9.93. The Balaban J connectivity index is 2.20. The Bertz CT molecular complexity index is 187. The zero-order chi connectivity index (χ0) is 10.6. The van der Waals surface area contributed by atoms with Crippen molar-refractivity contribution in [3.63, 3.8) is 0 Å². The molecule has 0 aliphatic heterocycles. The van der Waals surface area contributed by atoms with Crippen molar-refractivity contribution in [3.8, 4) is 0 Å². The van der Waals surface area contributed by atoms with Crippen LogP contribution in [0.2, 0.25) is 0 Å². The molecule has 1 rings (SSSR count). The molecule has 1 aliphatic carbocycles. The molecule has 3 N–H and O–H groups in total. The lowest BCUT2D eigenvalue weighted by Crippen LogP contribution is -2.46. The second kappa shape index (κ2) is 5.20. The summed E-state index contributed by atoms with van der Waals surface area (Å²) in [6.45, 7) is 3.87. The fourth-order valence-corrected chi connectivity index (χ4v) is 1.71. The van der Waals surface area contributed by atoms with E-state index in [1.165, 1.54) is 0 Å². The van der Waals surface area contributed by atoms with Gasteiger partial charge in [0.2, 0.25) is 0 Å². The van der Waals surface area contributed by atoms with Crippen LogP contribution in [-0.4, -0.2) is 29.3 Å². The standard InChI is InChI=1S/C10H20N2O2/c1-7(2)11-10(14)12-8-3-5-9(13)6-4-8/h7-9,13H,3-6H2,1-2H3,(H2,11,12,14). The number of hydrogen-bond donors (Lipinski definition) is 3. The highest BCUT2D eigenvalue weighted by molar-refractivity contribution is 5.74. The van der Waals surface area contributed by atoms with Crippen molar-refractivity contribution in [2.45, 2.75) is 57.7 Å². The Morgan fingerprint density at radius 2 is 1.86 bits per heavy atom. The monoisotopic (exact) mass is 200 g/mol. The first-order valence-corrected chi connectivity index (χ1v) is 5.33. The largest absolute Gasteiger partial charge is 0.393 e. The maximum atomic E-state index is 11.3. The average molecular weight is 200 g/mol. The number of rotatable bonds is 2. The summed E-state index contributed by atoms with van der Waals surface area (Å²) in [5, 5.41) is 15.0. The SMILES string of the molecule is CC(C)NC(=O)NC1CCC(O)CC1. The number of nitrogens with one attached hydrogen (secondary N) is 2. The van der Waals surface area contributed by atoms with Gasteiger partial charge in [-0.3, -0.25) is 0 Å². The van der Waals surface area contributed by atoms with Crippen molar-refractivity contribution in [3.05, 3.63) is 0 Å². The van der Waals surface area contributed by atoms with E-state index in [-0.39, 0.29) is 24.2 Å². The van der Waals surface area contributed by atoms with Crippen LogP contribution in [0.25, 0.3) is 0 Å². The topological polar surface area (TPSA) is 61.4 Å². The van der Waals surface area contributed by atoms with Crippen LogP contribution in [0.3, 0.4) is 0 Å². The van der Waals surface area contributed by atoms with Gasteiger partial charge in [0.25, 0.3) is 0 Å². The molecule has 0 bridgehead atoms. The molecular formula is C10H20N2O2.